The smallest absolute Gasteiger partial charge is 0.451 e. The lowest BCUT2D eigenvalue weighted by Gasteiger charge is -2.21. The molecular formula is C20H14Cl2F3N3O3. The molecule has 0 saturated heterocycles. The summed E-state index contributed by atoms with van der Waals surface area (Å²) in [5, 5.41) is 10.2. The molecule has 0 fully saturated rings. The second kappa shape index (κ2) is 8.32. The molecule has 3 rings (SSSR count). The summed E-state index contributed by atoms with van der Waals surface area (Å²) in [6.07, 6.45) is -3.05. The van der Waals surface area contributed by atoms with Gasteiger partial charge in [-0.15, -0.1) is 0 Å². The van der Waals surface area contributed by atoms with Crippen molar-refractivity contribution in [3.63, 3.8) is 0 Å². The second-order valence-electron chi connectivity index (χ2n) is 6.48. The summed E-state index contributed by atoms with van der Waals surface area (Å²) in [7, 11) is 0. The Morgan fingerprint density at radius 2 is 1.74 bits per heavy atom. The molecule has 0 aliphatic heterocycles. The summed E-state index contributed by atoms with van der Waals surface area (Å²) in [5.41, 5.74) is -0.767. The average molecular weight is 472 g/mol. The summed E-state index contributed by atoms with van der Waals surface area (Å²) in [4.78, 5) is 31.8. The van der Waals surface area contributed by atoms with E-state index in [0.717, 1.165) is 12.4 Å². The highest BCUT2D eigenvalue weighted by Gasteiger charge is 2.34. The number of carboxylic acids is 1. The largest absolute Gasteiger partial charge is 0.477 e. The Morgan fingerprint density at radius 3 is 2.23 bits per heavy atom. The third kappa shape index (κ3) is 4.15. The molecule has 31 heavy (non-hydrogen) atoms. The summed E-state index contributed by atoms with van der Waals surface area (Å²) < 4.78 is 39.9. The number of carbonyl (C=O) groups is 1. The van der Waals surface area contributed by atoms with Crippen LogP contribution in [0.5, 0.6) is 0 Å². The Morgan fingerprint density at radius 1 is 1.13 bits per heavy atom. The Kier molecular flexibility index (Phi) is 6.11. The lowest BCUT2D eigenvalue weighted by Crippen LogP contribution is -2.25. The van der Waals surface area contributed by atoms with Gasteiger partial charge in [0, 0.05) is 35.8 Å². The molecule has 2 heterocycles. The zero-order valence-electron chi connectivity index (χ0n) is 16.1. The highest BCUT2D eigenvalue weighted by Crippen LogP contribution is 2.33. The normalized spacial score (nSPS) is 11.6. The van der Waals surface area contributed by atoms with Gasteiger partial charge in [0.1, 0.15) is 5.56 Å². The van der Waals surface area contributed by atoms with Gasteiger partial charge in [0.15, 0.2) is 0 Å². The predicted molar refractivity (Wildman–Crippen MR) is 110 cm³/mol. The first-order valence-corrected chi connectivity index (χ1v) is 9.58. The molecule has 6 nitrogen and oxygen atoms in total. The van der Waals surface area contributed by atoms with Crippen molar-refractivity contribution in [2.75, 3.05) is 0 Å². The molecule has 2 aromatic heterocycles. The number of hydrogen-bond donors (Lipinski definition) is 1. The molecule has 11 heteroatoms. The minimum absolute atomic E-state index is 0.0270. The van der Waals surface area contributed by atoms with Crippen molar-refractivity contribution in [1.29, 1.82) is 0 Å². The number of aromatic carboxylic acids is 1. The quantitative estimate of drug-likeness (QED) is 0.556. The van der Waals surface area contributed by atoms with Crippen LogP contribution in [-0.2, 0) is 12.7 Å². The van der Waals surface area contributed by atoms with Crippen LogP contribution in [0.2, 0.25) is 10.0 Å². The molecule has 1 aromatic carbocycles. The van der Waals surface area contributed by atoms with Gasteiger partial charge in [-0.1, -0.05) is 29.3 Å². The topological polar surface area (TPSA) is 85.1 Å². The van der Waals surface area contributed by atoms with Crippen LogP contribution in [0.4, 0.5) is 13.2 Å². The molecule has 0 saturated carbocycles. The molecule has 0 radical (unpaired) electrons. The van der Waals surface area contributed by atoms with Crippen molar-refractivity contribution in [2.24, 2.45) is 0 Å². The molecule has 0 aliphatic rings. The molecular weight excluding hydrogens is 458 g/mol. The van der Waals surface area contributed by atoms with Crippen LogP contribution >= 0.6 is 23.2 Å². The summed E-state index contributed by atoms with van der Waals surface area (Å²) in [5.74, 6) is -2.86. The summed E-state index contributed by atoms with van der Waals surface area (Å²) >= 11 is 12.0. The molecule has 0 amide bonds. The molecule has 3 aromatic rings. The van der Waals surface area contributed by atoms with E-state index >= 15 is 0 Å². The molecule has 0 atom stereocenters. The third-order valence-electron chi connectivity index (χ3n) is 4.64. The lowest BCUT2D eigenvalue weighted by atomic mass is 9.97. The molecule has 0 bridgehead atoms. The number of benzene rings is 1. The summed E-state index contributed by atoms with van der Waals surface area (Å²) in [6.45, 7) is 3.55. The van der Waals surface area contributed by atoms with Gasteiger partial charge in [0.25, 0.3) is 0 Å². The lowest BCUT2D eigenvalue weighted by molar-refractivity contribution is -0.144. The highest BCUT2D eigenvalue weighted by atomic mass is 35.5. The van der Waals surface area contributed by atoms with Crippen molar-refractivity contribution in [3.05, 3.63) is 67.9 Å². The SMILES string of the molecule is CCn1c(C)c(-c2cnc(C(F)(F)F)nc2)c(=O)c(C(=O)O)c1-c1ccc(Cl)c(Cl)c1. The first kappa shape index (κ1) is 22.8. The van der Waals surface area contributed by atoms with Crippen molar-refractivity contribution in [1.82, 2.24) is 14.5 Å². The fourth-order valence-electron chi connectivity index (χ4n) is 3.32. The van der Waals surface area contributed by atoms with E-state index in [1.165, 1.54) is 18.2 Å². The Bertz CT molecular complexity index is 1240. The van der Waals surface area contributed by atoms with Crippen molar-refractivity contribution in [2.45, 2.75) is 26.6 Å². The van der Waals surface area contributed by atoms with Crippen LogP contribution in [0.25, 0.3) is 22.4 Å². The van der Waals surface area contributed by atoms with Gasteiger partial charge in [-0.25, -0.2) is 14.8 Å². The van der Waals surface area contributed by atoms with Gasteiger partial charge < -0.3 is 9.67 Å². The minimum Gasteiger partial charge on any atom is -0.477 e. The summed E-state index contributed by atoms with van der Waals surface area (Å²) in [6, 6.07) is 4.45. The predicted octanol–water partition coefficient (Wildman–Crippen LogP) is 5.32. The van der Waals surface area contributed by atoms with Gasteiger partial charge in [-0.2, -0.15) is 13.2 Å². The third-order valence-corrected chi connectivity index (χ3v) is 5.38. The molecule has 162 valence electrons. The van der Waals surface area contributed by atoms with E-state index in [4.69, 9.17) is 23.2 Å². The monoisotopic (exact) mass is 471 g/mol. The zero-order valence-corrected chi connectivity index (χ0v) is 17.6. The molecule has 0 aliphatic carbocycles. The number of rotatable bonds is 4. The van der Waals surface area contributed by atoms with E-state index in [1.807, 2.05) is 0 Å². The van der Waals surface area contributed by atoms with Gasteiger partial charge >= 0.3 is 12.1 Å². The number of alkyl halides is 3. The van der Waals surface area contributed by atoms with E-state index in [1.54, 1.807) is 18.4 Å². The Hall–Kier alpha value is -2.91. The number of aromatic nitrogens is 3. The van der Waals surface area contributed by atoms with E-state index < -0.39 is 29.0 Å². The van der Waals surface area contributed by atoms with E-state index in [0.29, 0.717) is 11.3 Å². The molecule has 1 N–H and O–H groups in total. The van der Waals surface area contributed by atoms with Crippen LogP contribution in [0.3, 0.4) is 0 Å². The fraction of sp³-hybridized carbons (Fsp3) is 0.200. The molecule has 0 spiro atoms. The van der Waals surface area contributed by atoms with Gasteiger partial charge in [0.2, 0.25) is 11.3 Å². The average Bonchev–Trinajstić information content (AvgIpc) is 2.69. The Labute approximate surface area is 183 Å². The van der Waals surface area contributed by atoms with E-state index in [2.05, 4.69) is 9.97 Å². The van der Waals surface area contributed by atoms with Gasteiger partial charge in [-0.3, -0.25) is 4.79 Å². The van der Waals surface area contributed by atoms with Crippen molar-refractivity contribution < 1.29 is 23.1 Å². The number of nitrogens with zero attached hydrogens (tertiary/aromatic N) is 3. The number of halogens is 5. The van der Waals surface area contributed by atoms with Gasteiger partial charge in [-0.05, 0) is 26.0 Å². The maximum absolute atomic E-state index is 13.2. The Balaban J connectivity index is 2.36. The zero-order chi connectivity index (χ0) is 23.1. The van der Waals surface area contributed by atoms with Crippen molar-refractivity contribution >= 4 is 29.2 Å². The fourth-order valence-corrected chi connectivity index (χ4v) is 3.61. The van der Waals surface area contributed by atoms with Crippen molar-refractivity contribution in [3.8, 4) is 22.4 Å². The highest BCUT2D eigenvalue weighted by molar-refractivity contribution is 6.42. The van der Waals surface area contributed by atoms with Crippen LogP contribution in [0.1, 0.15) is 28.8 Å². The molecule has 0 unspecified atom stereocenters. The van der Waals surface area contributed by atoms with Crippen LogP contribution in [0, 0.1) is 6.92 Å². The first-order valence-electron chi connectivity index (χ1n) is 8.83. The number of hydrogen-bond acceptors (Lipinski definition) is 4. The number of pyridine rings is 1. The van der Waals surface area contributed by atoms with Crippen LogP contribution in [-0.4, -0.2) is 25.6 Å². The van der Waals surface area contributed by atoms with Crippen LogP contribution in [0.15, 0.2) is 35.4 Å². The first-order chi connectivity index (χ1) is 14.5. The number of carboxylic acid groups (broad SMARTS) is 1. The van der Waals surface area contributed by atoms with Gasteiger partial charge in [0.05, 0.1) is 21.3 Å². The van der Waals surface area contributed by atoms with E-state index in [-0.39, 0.29) is 33.4 Å². The minimum atomic E-state index is -4.75. The maximum Gasteiger partial charge on any atom is 0.451 e. The standard InChI is InChI=1S/C20H14Cl2F3N3O3/c1-3-28-9(2)14(11-7-26-19(27-8-11)20(23,24)25)17(29)15(18(30)31)16(28)10-4-5-12(21)13(22)6-10/h4-8H,3H2,1-2H3,(H,30,31). The maximum atomic E-state index is 13.2. The van der Waals surface area contributed by atoms with Crippen LogP contribution < -0.4 is 5.43 Å². The van der Waals surface area contributed by atoms with E-state index in [9.17, 15) is 27.9 Å². The second-order valence-corrected chi connectivity index (χ2v) is 7.30.